The van der Waals surface area contributed by atoms with Crippen LogP contribution >= 0.6 is 11.3 Å². The highest BCUT2D eigenvalue weighted by molar-refractivity contribution is 7.17. The third kappa shape index (κ3) is 4.28. The Hall–Kier alpha value is -3.85. The fourth-order valence-electron chi connectivity index (χ4n) is 3.31. The lowest BCUT2D eigenvalue weighted by molar-refractivity contribution is -0.116. The number of benzene rings is 2. The van der Waals surface area contributed by atoms with Gasteiger partial charge < -0.3 is 11.1 Å². The number of carbonyl (C=O) groups is 2. The zero-order chi connectivity index (χ0) is 22.8. The molecule has 0 aliphatic rings. The van der Waals surface area contributed by atoms with E-state index < -0.39 is 17.6 Å². The lowest BCUT2D eigenvalue weighted by atomic mass is 10.1. The minimum Gasteiger partial charge on any atom is -0.366 e. The predicted octanol–water partition coefficient (Wildman–Crippen LogP) is 3.70. The number of primary amides is 1. The molecule has 0 unspecified atom stereocenters. The number of hydrogen-bond donors (Lipinski definition) is 2. The third-order valence-corrected chi connectivity index (χ3v) is 5.90. The molecule has 7 nitrogen and oxygen atoms in total. The van der Waals surface area contributed by atoms with Crippen molar-refractivity contribution >= 4 is 39.1 Å². The maximum absolute atomic E-state index is 13.6. The van der Waals surface area contributed by atoms with Gasteiger partial charge in [-0.3, -0.25) is 19.0 Å². The van der Waals surface area contributed by atoms with Gasteiger partial charge in [-0.1, -0.05) is 29.8 Å². The largest absolute Gasteiger partial charge is 0.366 e. The van der Waals surface area contributed by atoms with Gasteiger partial charge in [-0.15, -0.1) is 11.3 Å². The Kier molecular flexibility index (Phi) is 5.83. The maximum Gasteiger partial charge on any atom is 0.262 e. The van der Waals surface area contributed by atoms with Crippen LogP contribution in [0.2, 0.25) is 0 Å². The summed E-state index contributed by atoms with van der Waals surface area (Å²) >= 11 is 1.39. The molecule has 0 aliphatic heterocycles. The van der Waals surface area contributed by atoms with Gasteiger partial charge >= 0.3 is 0 Å². The van der Waals surface area contributed by atoms with E-state index in [1.54, 1.807) is 0 Å². The van der Waals surface area contributed by atoms with Crippen LogP contribution in [0.15, 0.2) is 59.0 Å². The van der Waals surface area contributed by atoms with Crippen LogP contribution in [0.4, 0.5) is 10.1 Å². The van der Waals surface area contributed by atoms with Crippen LogP contribution in [0.1, 0.15) is 22.3 Å². The number of amides is 2. The van der Waals surface area contributed by atoms with E-state index >= 15 is 0 Å². The Morgan fingerprint density at radius 1 is 1.19 bits per heavy atom. The summed E-state index contributed by atoms with van der Waals surface area (Å²) in [4.78, 5) is 41.7. The van der Waals surface area contributed by atoms with Crippen molar-refractivity contribution in [3.63, 3.8) is 0 Å². The molecule has 0 spiro atoms. The number of aryl methyl sites for hydroxylation is 2. The molecule has 2 heterocycles. The number of nitrogens with two attached hydrogens (primary N) is 1. The molecular weight excluding hydrogens is 431 g/mol. The van der Waals surface area contributed by atoms with Crippen molar-refractivity contribution in [3.05, 3.63) is 81.5 Å². The Morgan fingerprint density at radius 2 is 1.94 bits per heavy atom. The number of nitrogens with zero attached hydrogens (tertiary/aromatic N) is 2. The summed E-state index contributed by atoms with van der Waals surface area (Å²) in [7, 11) is 0. The Balaban J connectivity index is 1.53. The average molecular weight is 450 g/mol. The van der Waals surface area contributed by atoms with Crippen LogP contribution in [-0.4, -0.2) is 21.4 Å². The van der Waals surface area contributed by atoms with Gasteiger partial charge in [-0.05, 0) is 30.7 Å². The molecule has 2 amide bonds. The first-order chi connectivity index (χ1) is 15.3. The molecule has 0 bridgehead atoms. The van der Waals surface area contributed by atoms with E-state index in [1.165, 1.54) is 34.4 Å². The zero-order valence-electron chi connectivity index (χ0n) is 17.1. The van der Waals surface area contributed by atoms with E-state index in [9.17, 15) is 18.8 Å². The van der Waals surface area contributed by atoms with E-state index in [4.69, 9.17) is 5.73 Å². The predicted molar refractivity (Wildman–Crippen MR) is 122 cm³/mol. The van der Waals surface area contributed by atoms with E-state index in [1.807, 2.05) is 36.6 Å². The van der Waals surface area contributed by atoms with Crippen LogP contribution in [0, 0.1) is 12.7 Å². The van der Waals surface area contributed by atoms with Crippen LogP contribution in [-0.2, 0) is 11.3 Å². The first-order valence-electron chi connectivity index (χ1n) is 9.76. The first kappa shape index (κ1) is 21.4. The van der Waals surface area contributed by atoms with E-state index in [0.29, 0.717) is 10.2 Å². The van der Waals surface area contributed by atoms with Crippen molar-refractivity contribution in [1.82, 2.24) is 9.55 Å². The summed E-state index contributed by atoms with van der Waals surface area (Å²) in [6.45, 7) is 2.11. The van der Waals surface area contributed by atoms with E-state index in [0.717, 1.165) is 22.8 Å². The van der Waals surface area contributed by atoms with Crippen molar-refractivity contribution in [2.24, 2.45) is 5.73 Å². The van der Waals surface area contributed by atoms with E-state index in [-0.39, 0.29) is 29.8 Å². The number of fused-ring (bicyclic) bond motifs is 1. The standard InChI is InChI=1S/C23H19FN4O3S/c1-13-2-4-14(5-3-13)17-11-32-22-20(17)23(31)28(12-26-22)9-8-19(29)27-15-6-7-18(24)16(10-15)21(25)30/h2-7,10-12H,8-9H2,1H3,(H2,25,30)(H,27,29). The normalized spacial score (nSPS) is 10.9. The number of carbonyl (C=O) groups excluding carboxylic acids is 2. The van der Waals surface area contributed by atoms with Crippen LogP contribution in [0.3, 0.4) is 0 Å². The summed E-state index contributed by atoms with van der Waals surface area (Å²) < 4.78 is 15.0. The Bertz CT molecular complexity index is 1390. The molecule has 9 heteroatoms. The first-order valence-corrected chi connectivity index (χ1v) is 10.6. The quantitative estimate of drug-likeness (QED) is 0.467. The second-order valence-corrected chi connectivity index (χ2v) is 8.15. The number of rotatable bonds is 6. The fourth-order valence-corrected chi connectivity index (χ4v) is 4.22. The monoisotopic (exact) mass is 450 g/mol. The molecule has 4 aromatic rings. The minimum atomic E-state index is -0.926. The van der Waals surface area contributed by atoms with Crippen molar-refractivity contribution in [1.29, 1.82) is 0 Å². The summed E-state index contributed by atoms with van der Waals surface area (Å²) in [5.74, 6) is -2.09. The number of anilines is 1. The molecule has 162 valence electrons. The molecule has 0 fully saturated rings. The molecule has 4 rings (SSSR count). The van der Waals surface area contributed by atoms with E-state index in [2.05, 4.69) is 10.3 Å². The van der Waals surface area contributed by atoms with Gasteiger partial charge in [0, 0.05) is 29.6 Å². The molecule has 32 heavy (non-hydrogen) atoms. The summed E-state index contributed by atoms with van der Waals surface area (Å²) in [5.41, 5.74) is 7.70. The summed E-state index contributed by atoms with van der Waals surface area (Å²) in [5, 5.41) is 5.01. The van der Waals surface area contributed by atoms with Gasteiger partial charge in [0.1, 0.15) is 10.6 Å². The van der Waals surface area contributed by atoms with Crippen molar-refractivity contribution in [2.45, 2.75) is 19.9 Å². The van der Waals surface area contributed by atoms with Gasteiger partial charge in [-0.2, -0.15) is 0 Å². The second-order valence-electron chi connectivity index (χ2n) is 7.30. The maximum atomic E-state index is 13.6. The van der Waals surface area contributed by atoms with Crippen molar-refractivity contribution in [2.75, 3.05) is 5.32 Å². The topological polar surface area (TPSA) is 107 Å². The lowest BCUT2D eigenvalue weighted by Gasteiger charge is -2.09. The minimum absolute atomic E-state index is 0.0135. The number of aromatic nitrogens is 2. The molecule has 2 aromatic carbocycles. The molecule has 2 aromatic heterocycles. The Morgan fingerprint density at radius 3 is 2.66 bits per heavy atom. The molecule has 3 N–H and O–H groups in total. The van der Waals surface area contributed by atoms with Gasteiger partial charge in [0.25, 0.3) is 11.5 Å². The molecule has 0 saturated heterocycles. The fraction of sp³-hybridized carbons (Fsp3) is 0.130. The van der Waals surface area contributed by atoms with Gasteiger partial charge in [-0.25, -0.2) is 9.37 Å². The lowest BCUT2D eigenvalue weighted by Crippen LogP contribution is -2.23. The van der Waals surface area contributed by atoms with Crippen LogP contribution < -0.4 is 16.6 Å². The molecule has 0 radical (unpaired) electrons. The Labute approximate surface area is 186 Å². The summed E-state index contributed by atoms with van der Waals surface area (Å²) in [6.07, 6.45) is 1.41. The molecule has 0 atom stereocenters. The third-order valence-electron chi connectivity index (χ3n) is 5.02. The number of halogens is 1. The number of thiophene rings is 1. The number of nitrogens with one attached hydrogen (secondary N) is 1. The van der Waals surface area contributed by atoms with Crippen molar-refractivity contribution < 1.29 is 14.0 Å². The van der Waals surface area contributed by atoms with Gasteiger partial charge in [0.2, 0.25) is 5.91 Å². The van der Waals surface area contributed by atoms with Crippen LogP contribution in [0.25, 0.3) is 21.3 Å². The number of hydrogen-bond acceptors (Lipinski definition) is 5. The highest BCUT2D eigenvalue weighted by Crippen LogP contribution is 2.30. The molecule has 0 aliphatic carbocycles. The zero-order valence-corrected chi connectivity index (χ0v) is 17.9. The second kappa shape index (κ2) is 8.72. The average Bonchev–Trinajstić information content (AvgIpc) is 3.20. The van der Waals surface area contributed by atoms with Gasteiger partial charge in [0.05, 0.1) is 17.3 Å². The summed E-state index contributed by atoms with van der Waals surface area (Å²) in [6, 6.07) is 11.5. The SMILES string of the molecule is Cc1ccc(-c2csc3ncn(CCC(=O)Nc4ccc(F)c(C(N)=O)c4)c(=O)c23)cc1. The van der Waals surface area contributed by atoms with Crippen molar-refractivity contribution in [3.8, 4) is 11.1 Å². The molecular formula is C23H19FN4O3S. The van der Waals surface area contributed by atoms with Crippen LogP contribution in [0.5, 0.6) is 0 Å². The highest BCUT2D eigenvalue weighted by Gasteiger charge is 2.15. The molecule has 0 saturated carbocycles. The van der Waals surface area contributed by atoms with Gasteiger partial charge in [0.15, 0.2) is 0 Å². The smallest absolute Gasteiger partial charge is 0.262 e. The highest BCUT2D eigenvalue weighted by atomic mass is 32.1.